The monoisotopic (exact) mass is 218 g/mol. The Kier molecular flexibility index (Phi) is 2.96. The Morgan fingerprint density at radius 2 is 1.88 bits per heavy atom. The summed E-state index contributed by atoms with van der Waals surface area (Å²) in [7, 11) is 0. The van der Waals surface area contributed by atoms with Crippen molar-refractivity contribution in [3.8, 4) is 5.75 Å². The lowest BCUT2D eigenvalue weighted by molar-refractivity contribution is 0.0683. The summed E-state index contributed by atoms with van der Waals surface area (Å²) in [5.74, 6) is 1.66. The topological polar surface area (TPSA) is 9.23 Å². The van der Waals surface area contributed by atoms with Gasteiger partial charge in [0.1, 0.15) is 11.9 Å². The molecule has 1 aliphatic heterocycles. The van der Waals surface area contributed by atoms with Crippen molar-refractivity contribution in [1.82, 2.24) is 0 Å². The highest BCUT2D eigenvalue weighted by Gasteiger charge is 2.41. The lowest BCUT2D eigenvalue weighted by Gasteiger charge is -2.33. The molecular weight excluding hydrogens is 196 g/mol. The van der Waals surface area contributed by atoms with E-state index in [0.717, 1.165) is 18.6 Å². The van der Waals surface area contributed by atoms with Crippen LogP contribution in [-0.2, 0) is 0 Å². The summed E-state index contributed by atoms with van der Waals surface area (Å²) in [5.41, 5.74) is 1.65. The fourth-order valence-corrected chi connectivity index (χ4v) is 2.62. The fraction of sp³-hybridized carbons (Fsp3) is 0.600. The number of fused-ring (bicyclic) bond motifs is 1. The molecule has 0 radical (unpaired) electrons. The maximum Gasteiger partial charge on any atom is 0.123 e. The van der Waals surface area contributed by atoms with Crippen molar-refractivity contribution >= 4 is 0 Å². The van der Waals surface area contributed by atoms with E-state index in [9.17, 15) is 0 Å². The number of benzene rings is 1. The van der Waals surface area contributed by atoms with Crippen molar-refractivity contribution in [2.75, 3.05) is 0 Å². The Balaban J connectivity index is 2.34. The van der Waals surface area contributed by atoms with E-state index in [1.54, 1.807) is 0 Å². The lowest BCUT2D eigenvalue weighted by atomic mass is 9.75. The second-order valence-corrected chi connectivity index (χ2v) is 5.43. The molecule has 88 valence electrons. The Hall–Kier alpha value is -0.980. The quantitative estimate of drug-likeness (QED) is 0.731. The molecule has 0 fully saturated rings. The summed E-state index contributed by atoms with van der Waals surface area (Å²) >= 11 is 0. The standard InChI is InChI=1S/C15H22O/c1-5-11-12-9-7-8-10-13(12)16-14(11)15(3,4)6-2/h7-11,14H,5-6H2,1-4H3. The second kappa shape index (κ2) is 4.12. The molecule has 0 amide bonds. The van der Waals surface area contributed by atoms with Gasteiger partial charge < -0.3 is 4.74 Å². The van der Waals surface area contributed by atoms with Gasteiger partial charge in [-0.3, -0.25) is 0 Å². The normalized spacial score (nSPS) is 24.0. The first kappa shape index (κ1) is 11.5. The van der Waals surface area contributed by atoms with Crippen molar-refractivity contribution in [1.29, 1.82) is 0 Å². The highest BCUT2D eigenvalue weighted by atomic mass is 16.5. The number of para-hydroxylation sites is 1. The Bertz CT molecular complexity index is 367. The van der Waals surface area contributed by atoms with Crippen LogP contribution in [0.3, 0.4) is 0 Å². The molecule has 2 rings (SSSR count). The molecule has 0 bridgehead atoms. The molecule has 0 aromatic heterocycles. The highest BCUT2D eigenvalue weighted by molar-refractivity contribution is 5.41. The molecule has 0 N–H and O–H groups in total. The van der Waals surface area contributed by atoms with Gasteiger partial charge in [0.15, 0.2) is 0 Å². The summed E-state index contributed by atoms with van der Waals surface area (Å²) in [4.78, 5) is 0. The van der Waals surface area contributed by atoms with Crippen LogP contribution in [-0.4, -0.2) is 6.10 Å². The van der Waals surface area contributed by atoms with E-state index in [2.05, 4.69) is 52.0 Å². The van der Waals surface area contributed by atoms with Gasteiger partial charge in [0.05, 0.1) is 0 Å². The third kappa shape index (κ3) is 1.73. The van der Waals surface area contributed by atoms with Gasteiger partial charge in [-0.2, -0.15) is 0 Å². The molecule has 0 saturated carbocycles. The van der Waals surface area contributed by atoms with Crippen LogP contribution in [0.4, 0.5) is 0 Å². The molecule has 1 aliphatic rings. The van der Waals surface area contributed by atoms with E-state index in [0.29, 0.717) is 12.0 Å². The molecule has 1 heterocycles. The van der Waals surface area contributed by atoms with Gasteiger partial charge in [-0.25, -0.2) is 0 Å². The second-order valence-electron chi connectivity index (χ2n) is 5.43. The zero-order chi connectivity index (χ0) is 11.8. The van der Waals surface area contributed by atoms with E-state index in [1.807, 2.05) is 0 Å². The predicted molar refractivity (Wildman–Crippen MR) is 68.0 cm³/mol. The van der Waals surface area contributed by atoms with Crippen LogP contribution in [0.1, 0.15) is 52.0 Å². The van der Waals surface area contributed by atoms with E-state index in [4.69, 9.17) is 4.74 Å². The maximum atomic E-state index is 6.17. The number of ether oxygens (including phenoxy) is 1. The van der Waals surface area contributed by atoms with Crippen LogP contribution < -0.4 is 4.74 Å². The van der Waals surface area contributed by atoms with Gasteiger partial charge in [-0.1, -0.05) is 45.9 Å². The van der Waals surface area contributed by atoms with Crippen molar-refractivity contribution in [3.05, 3.63) is 29.8 Å². The van der Waals surface area contributed by atoms with E-state index in [1.165, 1.54) is 5.56 Å². The van der Waals surface area contributed by atoms with Crippen molar-refractivity contribution in [2.24, 2.45) is 5.41 Å². The molecule has 1 aromatic rings. The Labute approximate surface area is 98.8 Å². The Morgan fingerprint density at radius 3 is 2.50 bits per heavy atom. The minimum absolute atomic E-state index is 0.250. The summed E-state index contributed by atoms with van der Waals surface area (Å²) in [6.45, 7) is 9.13. The Morgan fingerprint density at radius 1 is 1.19 bits per heavy atom. The largest absolute Gasteiger partial charge is 0.489 e. The average molecular weight is 218 g/mol. The molecule has 0 saturated heterocycles. The number of hydrogen-bond acceptors (Lipinski definition) is 1. The SMILES string of the molecule is CCC1c2ccccc2OC1C(C)(C)CC. The first-order valence-electron chi connectivity index (χ1n) is 6.35. The molecular formula is C15H22O. The molecule has 1 aromatic carbocycles. The number of hydrogen-bond donors (Lipinski definition) is 0. The first-order chi connectivity index (χ1) is 7.60. The van der Waals surface area contributed by atoms with Crippen molar-refractivity contribution < 1.29 is 4.74 Å². The lowest BCUT2D eigenvalue weighted by Crippen LogP contribution is -2.35. The van der Waals surface area contributed by atoms with Gasteiger partial charge in [-0.05, 0) is 18.9 Å². The minimum atomic E-state index is 0.250. The van der Waals surface area contributed by atoms with Crippen molar-refractivity contribution in [3.63, 3.8) is 0 Å². The van der Waals surface area contributed by atoms with Gasteiger partial charge in [-0.15, -0.1) is 0 Å². The van der Waals surface area contributed by atoms with Crippen LogP contribution in [0.15, 0.2) is 24.3 Å². The van der Waals surface area contributed by atoms with Gasteiger partial charge >= 0.3 is 0 Å². The molecule has 2 unspecified atom stereocenters. The zero-order valence-corrected chi connectivity index (χ0v) is 10.8. The molecule has 0 spiro atoms. The van der Waals surface area contributed by atoms with Crippen LogP contribution in [0, 0.1) is 5.41 Å². The zero-order valence-electron chi connectivity index (χ0n) is 10.8. The summed E-state index contributed by atoms with van der Waals surface area (Å²) < 4.78 is 6.17. The van der Waals surface area contributed by atoms with Gasteiger partial charge in [0.2, 0.25) is 0 Å². The van der Waals surface area contributed by atoms with Crippen molar-refractivity contribution in [2.45, 2.75) is 52.6 Å². The summed E-state index contributed by atoms with van der Waals surface area (Å²) in [5, 5.41) is 0. The summed E-state index contributed by atoms with van der Waals surface area (Å²) in [6.07, 6.45) is 2.65. The smallest absolute Gasteiger partial charge is 0.123 e. The molecule has 16 heavy (non-hydrogen) atoms. The van der Waals surface area contributed by atoms with Crippen LogP contribution >= 0.6 is 0 Å². The molecule has 2 atom stereocenters. The van der Waals surface area contributed by atoms with Crippen LogP contribution in [0.25, 0.3) is 0 Å². The first-order valence-corrected chi connectivity index (χ1v) is 6.35. The third-order valence-corrected chi connectivity index (χ3v) is 4.06. The van der Waals surface area contributed by atoms with E-state index >= 15 is 0 Å². The van der Waals surface area contributed by atoms with Gasteiger partial charge in [0, 0.05) is 16.9 Å². The van der Waals surface area contributed by atoms with E-state index < -0.39 is 0 Å². The van der Waals surface area contributed by atoms with Gasteiger partial charge in [0.25, 0.3) is 0 Å². The van der Waals surface area contributed by atoms with Crippen LogP contribution in [0.5, 0.6) is 5.75 Å². The highest BCUT2D eigenvalue weighted by Crippen LogP contribution is 2.47. The average Bonchev–Trinajstić information content (AvgIpc) is 2.68. The fourth-order valence-electron chi connectivity index (χ4n) is 2.62. The maximum absolute atomic E-state index is 6.17. The number of rotatable bonds is 3. The van der Waals surface area contributed by atoms with Crippen LogP contribution in [0.2, 0.25) is 0 Å². The third-order valence-electron chi connectivity index (χ3n) is 4.06. The predicted octanol–water partition coefficient (Wildman–Crippen LogP) is 4.38. The summed E-state index contributed by atoms with van der Waals surface area (Å²) in [6, 6.07) is 8.50. The molecule has 1 nitrogen and oxygen atoms in total. The van der Waals surface area contributed by atoms with E-state index in [-0.39, 0.29) is 5.41 Å². The molecule has 0 aliphatic carbocycles. The molecule has 1 heteroatoms. The minimum Gasteiger partial charge on any atom is -0.489 e.